The average Bonchev–Trinajstić information content (AvgIpc) is 2.89. The number of aliphatic hydroxyl groups excluding tert-OH is 1. The van der Waals surface area contributed by atoms with Crippen LogP contribution in [0.15, 0.2) is 41.5 Å². The van der Waals surface area contributed by atoms with Gasteiger partial charge in [-0.3, -0.25) is 0 Å². The summed E-state index contributed by atoms with van der Waals surface area (Å²) in [4.78, 5) is 5.83. The highest BCUT2D eigenvalue weighted by Gasteiger charge is 2.15. The Morgan fingerprint density at radius 2 is 2.14 bits per heavy atom. The fourth-order valence-corrected chi connectivity index (χ4v) is 1.92. The van der Waals surface area contributed by atoms with Gasteiger partial charge in [-0.1, -0.05) is 30.3 Å². The number of nitrogens with zero attached hydrogens (tertiary/aromatic N) is 5. The molecule has 1 aromatic heterocycles. The van der Waals surface area contributed by atoms with Crippen molar-refractivity contribution in [1.82, 2.24) is 14.7 Å². The zero-order valence-electron chi connectivity index (χ0n) is 12.3. The third-order valence-electron chi connectivity index (χ3n) is 3.03. The first-order chi connectivity index (χ1) is 10.5. The molecule has 0 aliphatic rings. The number of nitriles is 1. The number of aliphatic imine (C=N–C) groups is 1. The van der Waals surface area contributed by atoms with Crippen LogP contribution in [0.2, 0.25) is 0 Å². The summed E-state index contributed by atoms with van der Waals surface area (Å²) in [6.45, 7) is 0.183. The van der Waals surface area contributed by atoms with Crippen molar-refractivity contribution in [3.8, 4) is 6.07 Å². The van der Waals surface area contributed by atoms with Crippen LogP contribution in [0.5, 0.6) is 0 Å². The number of halogens is 1. The number of aliphatic hydroxyl groups is 1. The Hall–Kier alpha value is -2.36. The smallest absolute Gasteiger partial charge is 0.200 e. The lowest BCUT2D eigenvalue weighted by Gasteiger charge is -2.13. The minimum absolute atomic E-state index is 0.183. The van der Waals surface area contributed by atoms with Gasteiger partial charge in [-0.25, -0.2) is 4.68 Å². The maximum Gasteiger partial charge on any atom is 0.200 e. The van der Waals surface area contributed by atoms with Gasteiger partial charge in [0, 0.05) is 14.1 Å². The lowest BCUT2D eigenvalue weighted by molar-refractivity contribution is 0.152. The Bertz CT molecular complexity index is 702. The summed E-state index contributed by atoms with van der Waals surface area (Å²) in [6.07, 6.45) is 0.663. The molecule has 0 spiro atoms. The molecule has 0 saturated heterocycles. The largest absolute Gasteiger partial charge is 0.386 e. The maximum absolute atomic E-state index is 10.3. The molecule has 22 heavy (non-hydrogen) atoms. The van der Waals surface area contributed by atoms with Gasteiger partial charge in [-0.2, -0.15) is 15.4 Å². The second kappa shape index (κ2) is 7.07. The van der Waals surface area contributed by atoms with E-state index in [9.17, 15) is 5.11 Å². The first-order valence-corrected chi connectivity index (χ1v) is 7.01. The third kappa shape index (κ3) is 3.64. The van der Waals surface area contributed by atoms with E-state index in [0.717, 1.165) is 5.56 Å². The molecule has 1 unspecified atom stereocenters. The molecular formula is C15H16ClN5O. The summed E-state index contributed by atoms with van der Waals surface area (Å²) in [5.41, 5.74) is 1.07. The molecule has 0 saturated carbocycles. The molecule has 6 nitrogen and oxygen atoms in total. The molecule has 0 radical (unpaired) electrons. The van der Waals surface area contributed by atoms with E-state index in [1.807, 2.05) is 36.4 Å². The fourth-order valence-electron chi connectivity index (χ4n) is 1.84. The molecule has 0 amide bonds. The van der Waals surface area contributed by atoms with Crippen molar-refractivity contribution >= 4 is 22.7 Å². The summed E-state index contributed by atoms with van der Waals surface area (Å²) in [6, 6.07) is 11.3. The highest BCUT2D eigenvalue weighted by molar-refractivity contribution is 6.64. The van der Waals surface area contributed by atoms with Crippen molar-refractivity contribution in [2.24, 2.45) is 4.99 Å². The lowest BCUT2D eigenvalue weighted by atomic mass is 10.1. The van der Waals surface area contributed by atoms with Crippen LogP contribution in [0, 0.1) is 11.3 Å². The van der Waals surface area contributed by atoms with Gasteiger partial charge in [0.2, 0.25) is 0 Å². The van der Waals surface area contributed by atoms with Crippen molar-refractivity contribution in [1.29, 1.82) is 5.26 Å². The average molecular weight is 318 g/mol. The SMILES string of the molecule is CN(C)/C(Cl)=N/c1c(C#N)cnn1CC(O)c1ccccc1. The number of hydrogen-bond acceptors (Lipinski definition) is 4. The van der Waals surface area contributed by atoms with E-state index in [1.54, 1.807) is 19.0 Å². The minimum atomic E-state index is -0.750. The van der Waals surface area contributed by atoms with Gasteiger partial charge in [-0.15, -0.1) is 0 Å². The van der Waals surface area contributed by atoms with Gasteiger partial charge in [-0.05, 0) is 17.2 Å². The molecule has 1 N–H and O–H groups in total. The first kappa shape index (κ1) is 16.0. The van der Waals surface area contributed by atoms with Crippen molar-refractivity contribution in [3.63, 3.8) is 0 Å². The Morgan fingerprint density at radius 3 is 2.73 bits per heavy atom. The zero-order valence-corrected chi connectivity index (χ0v) is 13.1. The molecule has 1 aromatic carbocycles. The van der Waals surface area contributed by atoms with Gasteiger partial charge in [0.25, 0.3) is 0 Å². The molecule has 0 fully saturated rings. The zero-order chi connectivity index (χ0) is 16.1. The maximum atomic E-state index is 10.3. The summed E-state index contributed by atoms with van der Waals surface area (Å²) >= 11 is 6.02. The van der Waals surface area contributed by atoms with Gasteiger partial charge < -0.3 is 10.0 Å². The molecule has 114 valence electrons. The van der Waals surface area contributed by atoms with Crippen molar-refractivity contribution in [3.05, 3.63) is 47.7 Å². The number of hydrogen-bond donors (Lipinski definition) is 1. The molecule has 0 aliphatic heterocycles. The number of rotatable bonds is 4. The van der Waals surface area contributed by atoms with E-state index in [2.05, 4.69) is 10.1 Å². The van der Waals surface area contributed by atoms with E-state index < -0.39 is 6.10 Å². The predicted molar refractivity (Wildman–Crippen MR) is 85.0 cm³/mol. The molecule has 1 heterocycles. The van der Waals surface area contributed by atoms with Crippen LogP contribution in [0.25, 0.3) is 0 Å². The van der Waals surface area contributed by atoms with Crippen molar-refractivity contribution in [2.75, 3.05) is 14.1 Å². The Balaban J connectivity index is 2.31. The molecule has 7 heteroatoms. The van der Waals surface area contributed by atoms with Crippen molar-refractivity contribution < 1.29 is 5.11 Å². The molecule has 0 aliphatic carbocycles. The van der Waals surface area contributed by atoms with E-state index in [1.165, 1.54) is 10.9 Å². The third-order valence-corrected chi connectivity index (χ3v) is 3.45. The predicted octanol–water partition coefficient (Wildman–Crippen LogP) is 2.28. The van der Waals surface area contributed by atoms with Crippen LogP contribution in [0.1, 0.15) is 17.2 Å². The van der Waals surface area contributed by atoms with Crippen molar-refractivity contribution in [2.45, 2.75) is 12.6 Å². The number of benzene rings is 1. The van der Waals surface area contributed by atoms with Crippen LogP contribution in [-0.4, -0.2) is 39.2 Å². The summed E-state index contributed by atoms with van der Waals surface area (Å²) < 4.78 is 1.47. The highest BCUT2D eigenvalue weighted by atomic mass is 35.5. The highest BCUT2D eigenvalue weighted by Crippen LogP contribution is 2.23. The van der Waals surface area contributed by atoms with Gasteiger partial charge in [0.1, 0.15) is 11.6 Å². The summed E-state index contributed by atoms with van der Waals surface area (Å²) in [5.74, 6) is 0.330. The second-order valence-corrected chi connectivity index (χ2v) is 5.22. The van der Waals surface area contributed by atoms with Crippen LogP contribution in [0.3, 0.4) is 0 Å². The lowest BCUT2D eigenvalue weighted by Crippen LogP contribution is -2.16. The van der Waals surface area contributed by atoms with E-state index in [-0.39, 0.29) is 11.8 Å². The van der Waals surface area contributed by atoms with Gasteiger partial charge >= 0.3 is 0 Å². The quantitative estimate of drug-likeness (QED) is 0.533. The van der Waals surface area contributed by atoms with Gasteiger partial charge in [0.15, 0.2) is 11.1 Å². The van der Waals surface area contributed by atoms with E-state index in [0.29, 0.717) is 11.4 Å². The summed E-state index contributed by atoms with van der Waals surface area (Å²) in [5, 5.41) is 23.8. The van der Waals surface area contributed by atoms with E-state index in [4.69, 9.17) is 16.9 Å². The van der Waals surface area contributed by atoms with Crippen LogP contribution in [-0.2, 0) is 6.54 Å². The summed E-state index contributed by atoms with van der Waals surface area (Å²) in [7, 11) is 3.49. The van der Waals surface area contributed by atoms with Gasteiger partial charge in [0.05, 0.1) is 18.8 Å². The Kier molecular flexibility index (Phi) is 5.15. The normalized spacial score (nSPS) is 12.8. The monoisotopic (exact) mass is 317 g/mol. The van der Waals surface area contributed by atoms with E-state index >= 15 is 0 Å². The Labute approximate surface area is 133 Å². The molecule has 2 rings (SSSR count). The number of aromatic nitrogens is 2. The van der Waals surface area contributed by atoms with Crippen LogP contribution in [0.4, 0.5) is 5.82 Å². The molecule has 0 bridgehead atoms. The van der Waals surface area contributed by atoms with Crippen LogP contribution < -0.4 is 0 Å². The molecular weight excluding hydrogens is 302 g/mol. The Morgan fingerprint density at radius 1 is 1.45 bits per heavy atom. The minimum Gasteiger partial charge on any atom is -0.386 e. The topological polar surface area (TPSA) is 77.4 Å². The molecule has 2 aromatic rings. The molecule has 1 atom stereocenters. The number of amidine groups is 1. The van der Waals surface area contributed by atoms with Crippen LogP contribution >= 0.6 is 11.6 Å². The standard InChI is InChI=1S/C15H16ClN5O/c1-20(2)15(16)19-14-12(8-17)9-18-21(14)10-13(22)11-6-4-3-5-7-11/h3-7,9,13,22H,10H2,1-2H3/b19-15+. The first-order valence-electron chi connectivity index (χ1n) is 6.63. The second-order valence-electron chi connectivity index (χ2n) is 4.88. The fraction of sp³-hybridized carbons (Fsp3) is 0.267.